The van der Waals surface area contributed by atoms with E-state index in [2.05, 4.69) is 6.58 Å². The largest absolute Gasteiger partial charge is 0.496 e. The molecule has 156 valence electrons. The lowest BCUT2D eigenvalue weighted by molar-refractivity contribution is -0.141. The molecule has 3 aliphatic rings. The van der Waals surface area contributed by atoms with Crippen molar-refractivity contribution in [3.05, 3.63) is 47.5 Å². The van der Waals surface area contributed by atoms with Crippen LogP contribution in [-0.4, -0.2) is 40.7 Å². The molecule has 0 radical (unpaired) electrons. The molecule has 30 heavy (non-hydrogen) atoms. The monoisotopic (exact) mass is 410 g/mol. The fraction of sp³-hybridized carbons (Fsp3) is 0.348. The molecule has 1 fully saturated rings. The minimum atomic E-state index is -0.443. The highest BCUT2D eigenvalue weighted by Crippen LogP contribution is 2.57. The van der Waals surface area contributed by atoms with Crippen LogP contribution in [0.4, 0.5) is 0 Å². The van der Waals surface area contributed by atoms with Crippen LogP contribution in [0.1, 0.15) is 22.6 Å². The standard InChI is InChI=1S/C23H22O7/c1-11-13-7-16-17(30-10-29-16)8-14(13)20(21-15(11)9-28-23(21)24)22-18(26-3)5-12(25-2)6-19(22)27-4/h5-8,15,20-21H,1,9-10H2,2-4H3/t15-,20-,21-/m1/s1. The van der Waals surface area contributed by atoms with Crippen molar-refractivity contribution in [2.75, 3.05) is 34.7 Å². The number of hydrogen-bond acceptors (Lipinski definition) is 7. The number of methoxy groups -OCH3 is 3. The predicted molar refractivity (Wildman–Crippen MR) is 107 cm³/mol. The Bertz CT molecular complexity index is 1030. The Morgan fingerprint density at radius 1 is 0.933 bits per heavy atom. The zero-order valence-electron chi connectivity index (χ0n) is 17.0. The van der Waals surface area contributed by atoms with Crippen molar-refractivity contribution in [2.45, 2.75) is 5.92 Å². The summed E-state index contributed by atoms with van der Waals surface area (Å²) in [6, 6.07) is 7.46. The Kier molecular flexibility index (Phi) is 4.27. The first kappa shape index (κ1) is 18.7. The summed E-state index contributed by atoms with van der Waals surface area (Å²) in [6.45, 7) is 4.75. The van der Waals surface area contributed by atoms with Gasteiger partial charge >= 0.3 is 5.97 Å². The van der Waals surface area contributed by atoms with Crippen molar-refractivity contribution in [3.63, 3.8) is 0 Å². The smallest absolute Gasteiger partial charge is 0.310 e. The van der Waals surface area contributed by atoms with Gasteiger partial charge < -0.3 is 28.4 Å². The molecule has 2 aromatic carbocycles. The number of benzene rings is 2. The van der Waals surface area contributed by atoms with E-state index in [9.17, 15) is 4.79 Å². The van der Waals surface area contributed by atoms with Gasteiger partial charge in [0.15, 0.2) is 11.5 Å². The van der Waals surface area contributed by atoms with Gasteiger partial charge in [0.1, 0.15) is 17.2 Å². The molecular weight excluding hydrogens is 388 g/mol. The fourth-order valence-corrected chi connectivity index (χ4v) is 4.78. The van der Waals surface area contributed by atoms with Crippen molar-refractivity contribution < 1.29 is 33.2 Å². The first-order valence-electron chi connectivity index (χ1n) is 9.66. The summed E-state index contributed by atoms with van der Waals surface area (Å²) in [7, 11) is 4.76. The van der Waals surface area contributed by atoms with E-state index >= 15 is 0 Å². The van der Waals surface area contributed by atoms with Crippen LogP contribution in [-0.2, 0) is 9.53 Å². The number of esters is 1. The minimum Gasteiger partial charge on any atom is -0.496 e. The van der Waals surface area contributed by atoms with Crippen LogP contribution >= 0.6 is 0 Å². The molecule has 0 amide bonds. The van der Waals surface area contributed by atoms with E-state index in [4.69, 9.17) is 28.4 Å². The summed E-state index contributed by atoms with van der Waals surface area (Å²) in [6.07, 6.45) is 0. The van der Waals surface area contributed by atoms with Gasteiger partial charge in [-0.15, -0.1) is 0 Å². The predicted octanol–water partition coefficient (Wildman–Crippen LogP) is 3.39. The SMILES string of the molecule is C=C1c2cc3c(cc2[C@@H](c2c(OC)cc(OC)cc2OC)[C@@H]2C(=O)OC[C@H]12)OCO3. The van der Waals surface area contributed by atoms with Gasteiger partial charge in [-0.2, -0.15) is 0 Å². The Balaban J connectivity index is 1.80. The molecule has 0 saturated carbocycles. The summed E-state index contributed by atoms with van der Waals surface area (Å²) >= 11 is 0. The van der Waals surface area contributed by atoms with Crippen molar-refractivity contribution >= 4 is 11.5 Å². The zero-order chi connectivity index (χ0) is 21.0. The van der Waals surface area contributed by atoms with E-state index in [-0.39, 0.29) is 24.6 Å². The van der Waals surface area contributed by atoms with Crippen LogP contribution in [0, 0.1) is 11.8 Å². The van der Waals surface area contributed by atoms with Crippen LogP contribution < -0.4 is 23.7 Å². The number of rotatable bonds is 4. The van der Waals surface area contributed by atoms with Crippen LogP contribution in [0.25, 0.3) is 5.57 Å². The van der Waals surface area contributed by atoms with Gasteiger partial charge in [-0.25, -0.2) is 0 Å². The molecule has 3 atom stereocenters. The maximum atomic E-state index is 12.9. The first-order valence-corrected chi connectivity index (χ1v) is 9.66. The van der Waals surface area contributed by atoms with E-state index in [1.807, 2.05) is 12.1 Å². The quantitative estimate of drug-likeness (QED) is 0.716. The average molecular weight is 410 g/mol. The summed E-state index contributed by atoms with van der Waals surface area (Å²) in [5.74, 6) is 1.85. The van der Waals surface area contributed by atoms with E-state index in [1.165, 1.54) is 0 Å². The second kappa shape index (κ2) is 6.86. The Hall–Kier alpha value is -3.35. The number of ether oxygens (including phenoxy) is 6. The second-order valence-electron chi connectivity index (χ2n) is 7.50. The van der Waals surface area contributed by atoms with Gasteiger partial charge in [0, 0.05) is 29.5 Å². The summed E-state index contributed by atoms with van der Waals surface area (Å²) < 4.78 is 33.5. The molecule has 1 aliphatic carbocycles. The van der Waals surface area contributed by atoms with Gasteiger partial charge in [-0.3, -0.25) is 4.79 Å². The van der Waals surface area contributed by atoms with Crippen LogP contribution in [0.15, 0.2) is 30.8 Å². The molecule has 5 rings (SSSR count). The highest BCUT2D eigenvalue weighted by atomic mass is 16.7. The van der Waals surface area contributed by atoms with Gasteiger partial charge in [0.2, 0.25) is 6.79 Å². The Labute approximate surface area is 174 Å². The lowest BCUT2D eigenvalue weighted by Crippen LogP contribution is -2.31. The van der Waals surface area contributed by atoms with Crippen LogP contribution in [0.2, 0.25) is 0 Å². The summed E-state index contributed by atoms with van der Waals surface area (Å²) in [5, 5.41) is 0. The topological polar surface area (TPSA) is 72.5 Å². The normalized spacial score (nSPS) is 23.5. The van der Waals surface area contributed by atoms with Gasteiger partial charge in [-0.05, 0) is 28.8 Å². The zero-order valence-corrected chi connectivity index (χ0v) is 17.0. The average Bonchev–Trinajstić information content (AvgIpc) is 3.39. The van der Waals surface area contributed by atoms with Crippen molar-refractivity contribution in [3.8, 4) is 28.7 Å². The van der Waals surface area contributed by atoms with Crippen molar-refractivity contribution in [2.24, 2.45) is 11.8 Å². The minimum absolute atomic E-state index is 0.146. The third-order valence-corrected chi connectivity index (χ3v) is 6.21. The number of carbonyl (C=O) groups is 1. The molecular formula is C23H22O7. The van der Waals surface area contributed by atoms with Crippen LogP contribution in [0.3, 0.4) is 0 Å². The molecule has 2 heterocycles. The van der Waals surface area contributed by atoms with Gasteiger partial charge in [-0.1, -0.05) is 6.58 Å². The van der Waals surface area contributed by atoms with Gasteiger partial charge in [0.25, 0.3) is 0 Å². The molecule has 0 bridgehead atoms. The number of cyclic esters (lactones) is 1. The van der Waals surface area contributed by atoms with Gasteiger partial charge in [0.05, 0.1) is 33.9 Å². The third kappa shape index (κ3) is 2.54. The molecule has 0 unspecified atom stereocenters. The molecule has 0 N–H and O–H groups in total. The number of fused-ring (bicyclic) bond motifs is 3. The van der Waals surface area contributed by atoms with Crippen molar-refractivity contribution in [1.29, 1.82) is 0 Å². The lowest BCUT2D eigenvalue weighted by atomic mass is 9.65. The molecule has 2 aliphatic heterocycles. The van der Waals surface area contributed by atoms with E-state index in [0.717, 1.165) is 22.3 Å². The second-order valence-corrected chi connectivity index (χ2v) is 7.50. The molecule has 2 aromatic rings. The van der Waals surface area contributed by atoms with Crippen LogP contribution in [0.5, 0.6) is 28.7 Å². The fourth-order valence-electron chi connectivity index (χ4n) is 4.78. The Morgan fingerprint density at radius 3 is 2.23 bits per heavy atom. The van der Waals surface area contributed by atoms with E-state index < -0.39 is 5.92 Å². The maximum absolute atomic E-state index is 12.9. The molecule has 7 heteroatoms. The van der Waals surface area contributed by atoms with Crippen molar-refractivity contribution in [1.82, 2.24) is 0 Å². The van der Waals surface area contributed by atoms with E-state index in [1.54, 1.807) is 33.5 Å². The molecule has 0 aromatic heterocycles. The summed E-state index contributed by atoms with van der Waals surface area (Å²) in [4.78, 5) is 12.9. The highest BCUT2D eigenvalue weighted by molar-refractivity contribution is 5.87. The lowest BCUT2D eigenvalue weighted by Gasteiger charge is -2.36. The first-order chi connectivity index (χ1) is 14.6. The number of carbonyl (C=O) groups excluding carboxylic acids is 1. The third-order valence-electron chi connectivity index (χ3n) is 6.21. The maximum Gasteiger partial charge on any atom is 0.310 e. The molecule has 7 nitrogen and oxygen atoms in total. The Morgan fingerprint density at radius 2 is 1.60 bits per heavy atom. The molecule has 0 spiro atoms. The highest BCUT2D eigenvalue weighted by Gasteiger charge is 2.51. The number of hydrogen-bond donors (Lipinski definition) is 0. The molecule has 1 saturated heterocycles. The van der Waals surface area contributed by atoms with E-state index in [0.29, 0.717) is 35.4 Å². The summed E-state index contributed by atoms with van der Waals surface area (Å²) in [5.41, 5.74) is 3.47.